The van der Waals surface area contributed by atoms with E-state index in [0.717, 1.165) is 5.56 Å². The molecule has 3 aromatic rings. The molecule has 146 valence electrons. The van der Waals surface area contributed by atoms with E-state index in [0.29, 0.717) is 5.13 Å². The van der Waals surface area contributed by atoms with E-state index < -0.39 is 10.0 Å². The second-order valence-corrected chi connectivity index (χ2v) is 9.08. The van der Waals surface area contributed by atoms with E-state index in [1.54, 1.807) is 30.3 Å². The fourth-order valence-electron chi connectivity index (χ4n) is 2.82. The predicted octanol–water partition coefficient (Wildman–Crippen LogP) is 2.97. The quantitative estimate of drug-likeness (QED) is 0.609. The number of hydrogen-bond donors (Lipinski definition) is 1. The Kier molecular flexibility index (Phi) is 6.50. The predicted molar refractivity (Wildman–Crippen MR) is 109 cm³/mol. The lowest BCUT2D eigenvalue weighted by molar-refractivity contribution is -0.116. The Balaban J connectivity index is 1.78. The molecular formula is C19H20N4O3S2. The minimum Gasteiger partial charge on any atom is -0.301 e. The third-order valence-electron chi connectivity index (χ3n) is 4.24. The SMILES string of the molecule is CN(C[C@H](CC(=O)Nc1nncs1)c1ccccc1)S(=O)(=O)c1ccccc1. The number of carbonyl (C=O) groups excluding carboxylic acids is 1. The van der Waals surface area contributed by atoms with E-state index in [-0.39, 0.29) is 29.7 Å². The van der Waals surface area contributed by atoms with Crippen LogP contribution in [0.4, 0.5) is 5.13 Å². The van der Waals surface area contributed by atoms with Gasteiger partial charge in [-0.2, -0.15) is 0 Å². The van der Waals surface area contributed by atoms with Gasteiger partial charge in [-0.05, 0) is 17.7 Å². The van der Waals surface area contributed by atoms with E-state index in [2.05, 4.69) is 15.5 Å². The normalized spacial score (nSPS) is 12.6. The van der Waals surface area contributed by atoms with E-state index in [1.807, 2.05) is 30.3 Å². The Bertz CT molecular complexity index is 994. The summed E-state index contributed by atoms with van der Waals surface area (Å²) in [5, 5.41) is 10.6. The van der Waals surface area contributed by atoms with Crippen molar-refractivity contribution in [3.05, 3.63) is 71.7 Å². The van der Waals surface area contributed by atoms with Gasteiger partial charge in [0.2, 0.25) is 21.1 Å². The van der Waals surface area contributed by atoms with Crippen LogP contribution in [-0.4, -0.2) is 42.4 Å². The number of aromatic nitrogens is 2. The van der Waals surface area contributed by atoms with Crippen LogP contribution in [0.1, 0.15) is 17.9 Å². The summed E-state index contributed by atoms with van der Waals surface area (Å²) in [6.45, 7) is 0.171. The van der Waals surface area contributed by atoms with Gasteiger partial charge in [-0.3, -0.25) is 4.79 Å². The van der Waals surface area contributed by atoms with E-state index >= 15 is 0 Å². The number of carbonyl (C=O) groups is 1. The average Bonchev–Trinajstić information content (AvgIpc) is 3.21. The first kappa shape index (κ1) is 20.1. The third kappa shape index (κ3) is 5.00. The zero-order valence-corrected chi connectivity index (χ0v) is 16.9. The largest absolute Gasteiger partial charge is 0.301 e. The lowest BCUT2D eigenvalue weighted by Gasteiger charge is -2.24. The van der Waals surface area contributed by atoms with Gasteiger partial charge in [0.05, 0.1) is 4.90 Å². The van der Waals surface area contributed by atoms with E-state index in [4.69, 9.17) is 0 Å². The van der Waals surface area contributed by atoms with Gasteiger partial charge in [0.25, 0.3) is 0 Å². The van der Waals surface area contributed by atoms with Gasteiger partial charge in [-0.25, -0.2) is 12.7 Å². The van der Waals surface area contributed by atoms with Gasteiger partial charge in [0, 0.05) is 25.9 Å². The maximum absolute atomic E-state index is 12.8. The number of nitrogens with one attached hydrogen (secondary N) is 1. The third-order valence-corrected chi connectivity index (χ3v) is 6.68. The Morgan fingerprint density at radius 2 is 1.75 bits per heavy atom. The minimum absolute atomic E-state index is 0.123. The molecule has 1 atom stereocenters. The van der Waals surface area contributed by atoms with Crippen molar-refractivity contribution in [1.29, 1.82) is 0 Å². The number of benzene rings is 2. The van der Waals surface area contributed by atoms with Gasteiger partial charge in [-0.15, -0.1) is 10.2 Å². The first-order chi connectivity index (χ1) is 13.5. The molecule has 0 aliphatic carbocycles. The van der Waals surface area contributed by atoms with Crippen LogP contribution in [-0.2, 0) is 14.8 Å². The zero-order chi connectivity index (χ0) is 20.0. The second-order valence-electron chi connectivity index (χ2n) is 6.20. The summed E-state index contributed by atoms with van der Waals surface area (Å²) < 4.78 is 27.0. The molecule has 1 amide bonds. The first-order valence-electron chi connectivity index (χ1n) is 8.59. The monoisotopic (exact) mass is 416 g/mol. The summed E-state index contributed by atoms with van der Waals surface area (Å²) >= 11 is 1.23. The Morgan fingerprint density at radius 1 is 1.11 bits per heavy atom. The van der Waals surface area contributed by atoms with Gasteiger partial charge in [0.1, 0.15) is 5.51 Å². The number of rotatable bonds is 8. The summed E-state index contributed by atoms with van der Waals surface area (Å²) in [6, 6.07) is 17.7. The van der Waals surface area contributed by atoms with Crippen molar-refractivity contribution in [2.45, 2.75) is 17.2 Å². The van der Waals surface area contributed by atoms with Crippen LogP contribution in [0.25, 0.3) is 0 Å². The molecular weight excluding hydrogens is 396 g/mol. The second kappa shape index (κ2) is 9.05. The summed E-state index contributed by atoms with van der Waals surface area (Å²) in [7, 11) is -2.12. The molecule has 0 saturated carbocycles. The molecule has 28 heavy (non-hydrogen) atoms. The van der Waals surface area contributed by atoms with Gasteiger partial charge >= 0.3 is 0 Å². The highest BCUT2D eigenvalue weighted by molar-refractivity contribution is 7.89. The lowest BCUT2D eigenvalue weighted by atomic mass is 9.95. The highest BCUT2D eigenvalue weighted by atomic mass is 32.2. The molecule has 0 bridgehead atoms. The van der Waals surface area contributed by atoms with Crippen molar-refractivity contribution in [3.8, 4) is 0 Å². The highest BCUT2D eigenvalue weighted by Crippen LogP contribution is 2.24. The van der Waals surface area contributed by atoms with Crippen molar-refractivity contribution in [3.63, 3.8) is 0 Å². The Hall–Kier alpha value is -2.62. The molecule has 9 heteroatoms. The van der Waals surface area contributed by atoms with Gasteiger partial charge in [-0.1, -0.05) is 59.9 Å². The molecule has 3 rings (SSSR count). The standard InChI is InChI=1S/C19H20N4O3S2/c1-23(28(25,26)17-10-6-3-7-11-17)13-16(15-8-4-2-5-9-15)12-18(24)21-19-22-20-14-27-19/h2-11,14,16H,12-13H2,1H3,(H,21,22,24)/t16-/m0/s1. The number of sulfonamides is 1. The molecule has 0 spiro atoms. The van der Waals surface area contributed by atoms with Crippen LogP contribution >= 0.6 is 11.3 Å². The molecule has 1 N–H and O–H groups in total. The van der Waals surface area contributed by atoms with Crippen molar-refractivity contribution in [2.75, 3.05) is 18.9 Å². The molecule has 0 aliphatic rings. The fourth-order valence-corrected chi connectivity index (χ4v) is 4.51. The molecule has 0 saturated heterocycles. The highest BCUT2D eigenvalue weighted by Gasteiger charge is 2.26. The summed E-state index contributed by atoms with van der Waals surface area (Å²) in [5.74, 6) is -0.547. The number of hydrogen-bond acceptors (Lipinski definition) is 6. The Morgan fingerprint density at radius 3 is 2.36 bits per heavy atom. The first-order valence-corrected chi connectivity index (χ1v) is 10.9. The number of nitrogens with zero attached hydrogens (tertiary/aromatic N) is 3. The van der Waals surface area contributed by atoms with Crippen LogP contribution in [0.2, 0.25) is 0 Å². The maximum atomic E-state index is 12.8. The molecule has 0 fully saturated rings. The van der Waals surface area contributed by atoms with Crippen LogP contribution in [0.3, 0.4) is 0 Å². The molecule has 0 unspecified atom stereocenters. The lowest BCUT2D eigenvalue weighted by Crippen LogP contribution is -2.32. The minimum atomic E-state index is -3.65. The van der Waals surface area contributed by atoms with Crippen molar-refractivity contribution < 1.29 is 13.2 Å². The Labute approximate surface area is 168 Å². The molecule has 0 radical (unpaired) electrons. The maximum Gasteiger partial charge on any atom is 0.242 e. The smallest absolute Gasteiger partial charge is 0.242 e. The van der Waals surface area contributed by atoms with E-state index in [9.17, 15) is 13.2 Å². The zero-order valence-electron chi connectivity index (χ0n) is 15.2. The van der Waals surface area contributed by atoms with Crippen LogP contribution in [0.5, 0.6) is 0 Å². The van der Waals surface area contributed by atoms with Gasteiger partial charge < -0.3 is 5.32 Å². The molecule has 2 aromatic carbocycles. The van der Waals surface area contributed by atoms with Crippen molar-refractivity contribution in [1.82, 2.24) is 14.5 Å². The number of likely N-dealkylation sites (N-methyl/N-ethyl adjacent to an activating group) is 1. The summed E-state index contributed by atoms with van der Waals surface area (Å²) in [4.78, 5) is 12.7. The number of anilines is 1. The van der Waals surface area contributed by atoms with Crippen molar-refractivity contribution in [2.24, 2.45) is 0 Å². The van der Waals surface area contributed by atoms with Gasteiger partial charge in [0.15, 0.2) is 0 Å². The summed E-state index contributed by atoms with van der Waals surface area (Å²) in [6.07, 6.45) is 0.123. The number of amides is 1. The molecule has 1 heterocycles. The van der Waals surface area contributed by atoms with Crippen molar-refractivity contribution >= 4 is 32.4 Å². The summed E-state index contributed by atoms with van der Waals surface area (Å²) in [5.41, 5.74) is 2.43. The van der Waals surface area contributed by atoms with Crippen LogP contribution in [0, 0.1) is 0 Å². The molecule has 7 nitrogen and oxygen atoms in total. The molecule has 1 aromatic heterocycles. The van der Waals surface area contributed by atoms with E-state index in [1.165, 1.54) is 28.2 Å². The van der Waals surface area contributed by atoms with Crippen LogP contribution in [0.15, 0.2) is 71.1 Å². The van der Waals surface area contributed by atoms with Crippen LogP contribution < -0.4 is 5.32 Å². The fraction of sp³-hybridized carbons (Fsp3) is 0.211. The average molecular weight is 417 g/mol. The molecule has 0 aliphatic heterocycles. The topological polar surface area (TPSA) is 92.3 Å².